The number of anilines is 3. The average Bonchev–Trinajstić information content (AvgIpc) is 3.22. The van der Waals surface area contributed by atoms with E-state index < -0.39 is 10.0 Å². The average molecular weight is 405 g/mol. The number of fused-ring (bicyclic) bond motifs is 1. The smallest absolute Gasteiger partial charge is 0.407 e. The highest BCUT2D eigenvalue weighted by atomic mass is 32.2. The maximum Gasteiger partial charge on any atom is 0.407 e. The second-order valence-corrected chi connectivity index (χ2v) is 9.08. The summed E-state index contributed by atoms with van der Waals surface area (Å²) in [5.41, 5.74) is 2.01. The van der Waals surface area contributed by atoms with Crippen molar-refractivity contribution >= 4 is 33.3 Å². The van der Waals surface area contributed by atoms with E-state index in [4.69, 9.17) is 4.74 Å². The zero-order chi connectivity index (χ0) is 19.9. The third-order valence-corrected chi connectivity index (χ3v) is 6.36. The largest absolute Gasteiger partial charge is 0.446 e. The minimum Gasteiger partial charge on any atom is -0.446 e. The van der Waals surface area contributed by atoms with E-state index in [2.05, 4.69) is 25.6 Å². The van der Waals surface area contributed by atoms with Gasteiger partial charge in [-0.1, -0.05) is 6.07 Å². The van der Waals surface area contributed by atoms with Crippen LogP contribution < -0.4 is 15.4 Å². The van der Waals surface area contributed by atoms with Crippen LogP contribution in [0.25, 0.3) is 0 Å². The highest BCUT2D eigenvalue weighted by Gasteiger charge is 2.33. The van der Waals surface area contributed by atoms with Crippen LogP contribution in [-0.2, 0) is 14.8 Å². The fourth-order valence-electron chi connectivity index (χ4n) is 3.65. The van der Waals surface area contributed by atoms with Crippen LogP contribution in [0.3, 0.4) is 0 Å². The molecule has 9 nitrogen and oxygen atoms in total. The zero-order valence-electron chi connectivity index (χ0n) is 15.7. The van der Waals surface area contributed by atoms with Crippen LogP contribution in [0.5, 0.6) is 0 Å². The predicted octanol–water partition coefficient (Wildman–Crippen LogP) is 3.04. The van der Waals surface area contributed by atoms with E-state index in [1.807, 2.05) is 19.9 Å². The van der Waals surface area contributed by atoms with Crippen LogP contribution >= 0.6 is 0 Å². The SMILES string of the molecule is CC(C)NC(=O)O[C@@H]1CC[C@H](c2cc(Nc3cccc4c3S(=O)(=O)N4)n[nH]2)C1. The van der Waals surface area contributed by atoms with Crippen LogP contribution in [0.2, 0.25) is 0 Å². The number of rotatable bonds is 5. The van der Waals surface area contributed by atoms with Crippen molar-refractivity contribution in [1.29, 1.82) is 0 Å². The summed E-state index contributed by atoms with van der Waals surface area (Å²) in [7, 11) is -3.43. The Balaban J connectivity index is 1.40. The summed E-state index contributed by atoms with van der Waals surface area (Å²) < 4.78 is 31.7. The van der Waals surface area contributed by atoms with Gasteiger partial charge in [0.25, 0.3) is 10.0 Å². The second kappa shape index (κ2) is 7.01. The van der Waals surface area contributed by atoms with E-state index in [0.717, 1.165) is 25.0 Å². The van der Waals surface area contributed by atoms with Crippen LogP contribution in [0.4, 0.5) is 22.0 Å². The molecule has 2 atom stereocenters. The number of nitrogens with one attached hydrogen (secondary N) is 4. The Hall–Kier alpha value is -2.75. The summed E-state index contributed by atoms with van der Waals surface area (Å²) in [4.78, 5) is 12.0. The maximum atomic E-state index is 11.9. The van der Waals surface area contributed by atoms with E-state index in [1.165, 1.54) is 0 Å². The van der Waals surface area contributed by atoms with Crippen molar-refractivity contribution in [2.45, 2.75) is 56.1 Å². The molecule has 1 amide bonds. The normalized spacial score (nSPS) is 22.1. The molecule has 28 heavy (non-hydrogen) atoms. The summed E-state index contributed by atoms with van der Waals surface area (Å²) in [6, 6.07) is 7.11. The summed E-state index contributed by atoms with van der Waals surface area (Å²) in [5, 5.41) is 13.1. The van der Waals surface area contributed by atoms with Gasteiger partial charge in [0, 0.05) is 23.7 Å². The van der Waals surface area contributed by atoms with Gasteiger partial charge in [-0.3, -0.25) is 9.82 Å². The molecule has 0 spiro atoms. The molecule has 0 bridgehead atoms. The van der Waals surface area contributed by atoms with E-state index in [0.29, 0.717) is 17.2 Å². The molecule has 4 rings (SSSR count). The monoisotopic (exact) mass is 405 g/mol. The molecular formula is C18H23N5O4S. The molecule has 0 unspecified atom stereocenters. The van der Waals surface area contributed by atoms with Gasteiger partial charge in [-0.15, -0.1) is 0 Å². The number of ether oxygens (including phenoxy) is 1. The Morgan fingerprint density at radius 3 is 2.89 bits per heavy atom. The van der Waals surface area contributed by atoms with E-state index >= 15 is 0 Å². The van der Waals surface area contributed by atoms with Gasteiger partial charge in [-0.05, 0) is 45.2 Å². The highest BCUT2D eigenvalue weighted by Crippen LogP contribution is 2.40. The fraction of sp³-hybridized carbons (Fsp3) is 0.444. The van der Waals surface area contributed by atoms with E-state index in [9.17, 15) is 13.2 Å². The summed E-state index contributed by atoms with van der Waals surface area (Å²) in [6.45, 7) is 3.78. The van der Waals surface area contributed by atoms with Gasteiger partial charge < -0.3 is 15.4 Å². The number of nitrogens with zero attached hydrogens (tertiary/aromatic N) is 1. The molecule has 1 aromatic carbocycles. The number of H-pyrrole nitrogens is 1. The number of aromatic nitrogens is 2. The number of aromatic amines is 1. The lowest BCUT2D eigenvalue weighted by Crippen LogP contribution is -2.33. The predicted molar refractivity (Wildman–Crippen MR) is 104 cm³/mol. The Labute approximate surface area is 163 Å². The number of carbonyl (C=O) groups is 1. The van der Waals surface area contributed by atoms with Crippen molar-refractivity contribution in [1.82, 2.24) is 15.5 Å². The van der Waals surface area contributed by atoms with Crippen LogP contribution in [-0.4, -0.2) is 36.9 Å². The molecule has 1 saturated carbocycles. The molecule has 2 heterocycles. The Morgan fingerprint density at radius 1 is 1.32 bits per heavy atom. The van der Waals surface area contributed by atoms with E-state index in [-0.39, 0.29) is 29.1 Å². The van der Waals surface area contributed by atoms with Gasteiger partial charge >= 0.3 is 6.09 Å². The number of sulfonamides is 1. The molecule has 1 aromatic heterocycles. The first-order valence-electron chi connectivity index (χ1n) is 9.27. The quantitative estimate of drug-likeness (QED) is 0.606. The fourth-order valence-corrected chi connectivity index (χ4v) is 4.88. The summed E-state index contributed by atoms with van der Waals surface area (Å²) >= 11 is 0. The van der Waals surface area contributed by atoms with Crippen LogP contribution in [0, 0.1) is 0 Å². The third-order valence-electron chi connectivity index (χ3n) is 4.89. The number of alkyl carbamates (subject to hydrolysis) is 1. The molecule has 1 fully saturated rings. The summed E-state index contributed by atoms with van der Waals surface area (Å²) in [5.74, 6) is 0.761. The number of hydrogen-bond donors (Lipinski definition) is 4. The van der Waals surface area contributed by atoms with Crippen LogP contribution in [0.1, 0.15) is 44.7 Å². The standard InChI is InChI=1S/C18H23N5O4S/c1-10(2)19-18(24)27-12-7-6-11(8-12)15-9-16(22-21-15)20-13-4-3-5-14-17(13)28(25,26)23-14/h3-5,9-12,23H,6-8H2,1-2H3,(H,19,24)(H2,20,21,22)/t11-,12+/m0/s1. The Morgan fingerprint density at radius 2 is 2.14 bits per heavy atom. The molecule has 150 valence electrons. The van der Waals surface area contributed by atoms with Gasteiger partial charge in [0.05, 0.1) is 11.4 Å². The molecule has 2 aromatic rings. The van der Waals surface area contributed by atoms with Crippen molar-refractivity contribution in [3.8, 4) is 0 Å². The van der Waals surface area contributed by atoms with Crippen molar-refractivity contribution in [2.75, 3.05) is 10.0 Å². The Kier molecular flexibility index (Phi) is 4.66. The van der Waals surface area contributed by atoms with Gasteiger partial charge in [0.2, 0.25) is 0 Å². The zero-order valence-corrected chi connectivity index (χ0v) is 16.5. The van der Waals surface area contributed by atoms with Crippen molar-refractivity contribution < 1.29 is 17.9 Å². The first-order valence-corrected chi connectivity index (χ1v) is 10.8. The van der Waals surface area contributed by atoms with Gasteiger partial charge in [-0.25, -0.2) is 13.2 Å². The molecule has 1 aliphatic carbocycles. The topological polar surface area (TPSA) is 125 Å². The molecule has 10 heteroatoms. The minimum atomic E-state index is -3.43. The molecule has 0 radical (unpaired) electrons. The molecule has 0 saturated heterocycles. The first kappa shape index (κ1) is 18.6. The molecule has 4 N–H and O–H groups in total. The molecular weight excluding hydrogens is 382 g/mol. The molecule has 2 aliphatic rings. The van der Waals surface area contributed by atoms with Crippen molar-refractivity contribution in [3.63, 3.8) is 0 Å². The Bertz CT molecular complexity index is 1000. The summed E-state index contributed by atoms with van der Waals surface area (Å²) in [6.07, 6.45) is 1.92. The van der Waals surface area contributed by atoms with Crippen molar-refractivity contribution in [3.05, 3.63) is 30.0 Å². The molecule has 1 aliphatic heterocycles. The lowest BCUT2D eigenvalue weighted by Gasteiger charge is -2.24. The second-order valence-electron chi connectivity index (χ2n) is 7.46. The van der Waals surface area contributed by atoms with Gasteiger partial charge in [-0.2, -0.15) is 5.10 Å². The van der Waals surface area contributed by atoms with Gasteiger partial charge in [0.15, 0.2) is 5.82 Å². The highest BCUT2D eigenvalue weighted by molar-refractivity contribution is 7.94. The third kappa shape index (κ3) is 3.64. The first-order chi connectivity index (χ1) is 13.3. The lowest BCUT2D eigenvalue weighted by molar-refractivity contribution is 0.0981. The van der Waals surface area contributed by atoms with Crippen LogP contribution in [0.15, 0.2) is 29.2 Å². The lowest BCUT2D eigenvalue weighted by atomic mass is 10.0. The van der Waals surface area contributed by atoms with Gasteiger partial charge in [0.1, 0.15) is 11.0 Å². The maximum absolute atomic E-state index is 11.9. The minimum absolute atomic E-state index is 0.0418. The number of carbonyl (C=O) groups excluding carboxylic acids is 1. The van der Waals surface area contributed by atoms with E-state index in [1.54, 1.807) is 18.2 Å². The number of hydrogen-bond acceptors (Lipinski definition) is 6. The number of amides is 1. The van der Waals surface area contributed by atoms with Crippen molar-refractivity contribution in [2.24, 2.45) is 0 Å². The number of benzene rings is 1.